The van der Waals surface area contributed by atoms with Crippen molar-refractivity contribution in [2.75, 3.05) is 39.4 Å². The van der Waals surface area contributed by atoms with Crippen LogP contribution in [0.15, 0.2) is 24.3 Å². The van der Waals surface area contributed by atoms with E-state index in [1.165, 1.54) is 5.56 Å². The Morgan fingerprint density at radius 2 is 1.78 bits per heavy atom. The average molecular weight is 377 g/mol. The Balaban J connectivity index is 1.92. The van der Waals surface area contributed by atoms with Crippen LogP contribution in [0.4, 0.5) is 0 Å². The molecule has 0 radical (unpaired) electrons. The van der Waals surface area contributed by atoms with Crippen molar-refractivity contribution in [3.63, 3.8) is 0 Å². The minimum Gasteiger partial charge on any atom is -0.379 e. The molecule has 1 aromatic carbocycles. The Labute approximate surface area is 161 Å². The summed E-state index contributed by atoms with van der Waals surface area (Å²) in [5.74, 6) is -0.492. The zero-order chi connectivity index (χ0) is 19.8. The molecule has 1 saturated heterocycles. The molecule has 0 spiro atoms. The number of benzene rings is 1. The number of nitrogens with zero attached hydrogens (tertiary/aromatic N) is 1. The van der Waals surface area contributed by atoms with E-state index in [1.807, 2.05) is 13.8 Å². The number of carbonyl (C=O) groups excluding carboxylic acids is 2. The number of hydrogen-bond acceptors (Lipinski definition) is 5. The molecule has 0 aliphatic carbocycles. The Hall–Kier alpha value is -1.96. The summed E-state index contributed by atoms with van der Waals surface area (Å²) in [6.45, 7) is 9.26. The molecular formula is C20H32N4O3. The van der Waals surface area contributed by atoms with Gasteiger partial charge in [-0.1, -0.05) is 43.7 Å². The van der Waals surface area contributed by atoms with Gasteiger partial charge in [-0.15, -0.1) is 0 Å². The normalized spacial score (nSPS) is 17.4. The molecule has 150 valence electrons. The number of aryl methyl sites for hydroxylation is 1. The molecule has 2 atom stereocenters. The Bertz CT molecular complexity index is 612. The molecule has 0 saturated carbocycles. The van der Waals surface area contributed by atoms with Crippen LogP contribution in [-0.2, 0) is 14.3 Å². The maximum absolute atomic E-state index is 12.2. The second-order valence-corrected chi connectivity index (χ2v) is 7.37. The highest BCUT2D eigenvalue weighted by molar-refractivity contribution is 5.87. The number of nitrogens with one attached hydrogen (secondary N) is 2. The highest BCUT2D eigenvalue weighted by Crippen LogP contribution is 2.21. The maximum Gasteiger partial charge on any atom is 0.239 e. The molecule has 1 aliphatic rings. The van der Waals surface area contributed by atoms with Crippen molar-refractivity contribution in [3.05, 3.63) is 35.4 Å². The van der Waals surface area contributed by atoms with E-state index in [0.29, 0.717) is 19.8 Å². The quantitative estimate of drug-likeness (QED) is 0.617. The van der Waals surface area contributed by atoms with Gasteiger partial charge in [0.25, 0.3) is 0 Å². The topological polar surface area (TPSA) is 96.7 Å². The van der Waals surface area contributed by atoms with Crippen molar-refractivity contribution in [2.45, 2.75) is 32.9 Å². The van der Waals surface area contributed by atoms with Crippen molar-refractivity contribution in [2.24, 2.45) is 11.7 Å². The third kappa shape index (κ3) is 6.61. The zero-order valence-corrected chi connectivity index (χ0v) is 16.5. The van der Waals surface area contributed by atoms with Crippen LogP contribution in [-0.4, -0.2) is 62.1 Å². The lowest BCUT2D eigenvalue weighted by molar-refractivity contribution is -0.127. The van der Waals surface area contributed by atoms with Crippen LogP contribution in [0.5, 0.6) is 0 Å². The maximum atomic E-state index is 12.2. The van der Waals surface area contributed by atoms with Gasteiger partial charge in [-0.3, -0.25) is 14.5 Å². The summed E-state index contributed by atoms with van der Waals surface area (Å²) in [7, 11) is 0. The molecule has 1 unspecified atom stereocenters. The molecule has 7 heteroatoms. The van der Waals surface area contributed by atoms with E-state index in [9.17, 15) is 9.59 Å². The number of amides is 2. The number of hydrogen-bond donors (Lipinski definition) is 3. The lowest BCUT2D eigenvalue weighted by Gasteiger charge is -2.35. The second-order valence-electron chi connectivity index (χ2n) is 7.37. The van der Waals surface area contributed by atoms with E-state index >= 15 is 0 Å². The summed E-state index contributed by atoms with van der Waals surface area (Å²) in [5, 5.41) is 5.54. The third-order valence-electron chi connectivity index (χ3n) is 4.89. The first kappa shape index (κ1) is 21.3. The highest BCUT2D eigenvalue weighted by atomic mass is 16.5. The molecule has 1 fully saturated rings. The van der Waals surface area contributed by atoms with Gasteiger partial charge in [-0.05, 0) is 18.4 Å². The summed E-state index contributed by atoms with van der Waals surface area (Å²) in [6.07, 6.45) is 0. The van der Waals surface area contributed by atoms with Gasteiger partial charge in [0.15, 0.2) is 0 Å². The minimum atomic E-state index is -0.605. The van der Waals surface area contributed by atoms with E-state index in [2.05, 4.69) is 46.7 Å². The molecule has 2 amide bonds. The van der Waals surface area contributed by atoms with E-state index in [-0.39, 0.29) is 30.3 Å². The van der Waals surface area contributed by atoms with Crippen molar-refractivity contribution in [1.29, 1.82) is 0 Å². The van der Waals surface area contributed by atoms with E-state index < -0.39 is 6.04 Å². The van der Waals surface area contributed by atoms with Gasteiger partial charge in [0.05, 0.1) is 31.8 Å². The van der Waals surface area contributed by atoms with Crippen molar-refractivity contribution in [1.82, 2.24) is 15.5 Å². The molecule has 0 aromatic heterocycles. The van der Waals surface area contributed by atoms with E-state index in [0.717, 1.165) is 18.7 Å². The van der Waals surface area contributed by atoms with Gasteiger partial charge >= 0.3 is 0 Å². The summed E-state index contributed by atoms with van der Waals surface area (Å²) in [6, 6.07) is 7.84. The van der Waals surface area contributed by atoms with Crippen LogP contribution in [0.1, 0.15) is 31.0 Å². The van der Waals surface area contributed by atoms with Crippen LogP contribution in [0.3, 0.4) is 0 Å². The fourth-order valence-corrected chi connectivity index (χ4v) is 3.00. The standard InChI is InChI=1S/C20H32N4O3/c1-14(2)19(21)20(26)23-13-18(25)22-12-17(24-8-10-27-11-9-24)16-6-4-15(3)5-7-16/h4-7,14,17,19H,8-13,21H2,1-3H3,(H,22,25)(H,23,26)/t17?,19-/m0/s1. The van der Waals surface area contributed by atoms with Gasteiger partial charge in [0.1, 0.15) is 0 Å². The van der Waals surface area contributed by atoms with Crippen LogP contribution >= 0.6 is 0 Å². The number of rotatable bonds is 8. The number of nitrogens with two attached hydrogens (primary N) is 1. The molecular weight excluding hydrogens is 344 g/mol. The van der Waals surface area contributed by atoms with Gasteiger partial charge in [-0.25, -0.2) is 0 Å². The molecule has 2 rings (SSSR count). The molecule has 4 N–H and O–H groups in total. The fraction of sp³-hybridized carbons (Fsp3) is 0.600. The molecule has 1 aliphatic heterocycles. The van der Waals surface area contributed by atoms with Crippen LogP contribution in [0.25, 0.3) is 0 Å². The number of ether oxygens (including phenoxy) is 1. The van der Waals surface area contributed by atoms with Gasteiger partial charge in [-0.2, -0.15) is 0 Å². The van der Waals surface area contributed by atoms with Gasteiger partial charge in [0.2, 0.25) is 11.8 Å². The smallest absolute Gasteiger partial charge is 0.239 e. The van der Waals surface area contributed by atoms with Crippen LogP contribution in [0, 0.1) is 12.8 Å². The number of morpholine rings is 1. The molecule has 1 heterocycles. The Morgan fingerprint density at radius 1 is 1.15 bits per heavy atom. The van der Waals surface area contributed by atoms with E-state index in [1.54, 1.807) is 0 Å². The van der Waals surface area contributed by atoms with Gasteiger partial charge in [0, 0.05) is 19.6 Å². The first-order valence-corrected chi connectivity index (χ1v) is 9.57. The zero-order valence-electron chi connectivity index (χ0n) is 16.5. The molecule has 7 nitrogen and oxygen atoms in total. The van der Waals surface area contributed by atoms with E-state index in [4.69, 9.17) is 10.5 Å². The lowest BCUT2D eigenvalue weighted by atomic mass is 10.0. The third-order valence-corrected chi connectivity index (χ3v) is 4.89. The van der Waals surface area contributed by atoms with Gasteiger partial charge < -0.3 is 21.1 Å². The minimum absolute atomic E-state index is 0.0281. The average Bonchev–Trinajstić information content (AvgIpc) is 2.67. The second kappa shape index (κ2) is 10.4. The summed E-state index contributed by atoms with van der Waals surface area (Å²) >= 11 is 0. The molecule has 1 aromatic rings. The Morgan fingerprint density at radius 3 is 2.37 bits per heavy atom. The molecule has 0 bridgehead atoms. The summed E-state index contributed by atoms with van der Waals surface area (Å²) < 4.78 is 5.45. The number of carbonyl (C=O) groups is 2. The predicted octanol–water partition coefficient (Wildman–Crippen LogP) is 0.584. The van der Waals surface area contributed by atoms with Crippen molar-refractivity contribution >= 4 is 11.8 Å². The van der Waals surface area contributed by atoms with Crippen molar-refractivity contribution in [3.8, 4) is 0 Å². The van der Waals surface area contributed by atoms with Crippen LogP contribution < -0.4 is 16.4 Å². The lowest BCUT2D eigenvalue weighted by Crippen LogP contribution is -2.48. The summed E-state index contributed by atoms with van der Waals surface area (Å²) in [5.41, 5.74) is 8.15. The fourth-order valence-electron chi connectivity index (χ4n) is 3.00. The largest absolute Gasteiger partial charge is 0.379 e. The first-order valence-electron chi connectivity index (χ1n) is 9.57. The first-order chi connectivity index (χ1) is 12.9. The SMILES string of the molecule is Cc1ccc(C(CNC(=O)CNC(=O)[C@@H](N)C(C)C)N2CCOCC2)cc1. The summed E-state index contributed by atoms with van der Waals surface area (Å²) in [4.78, 5) is 26.4. The monoisotopic (exact) mass is 376 g/mol. The highest BCUT2D eigenvalue weighted by Gasteiger charge is 2.23. The van der Waals surface area contributed by atoms with Crippen LogP contribution in [0.2, 0.25) is 0 Å². The van der Waals surface area contributed by atoms with Crippen molar-refractivity contribution < 1.29 is 14.3 Å². The Kier molecular flexibility index (Phi) is 8.22. The molecule has 27 heavy (non-hydrogen) atoms. The predicted molar refractivity (Wildman–Crippen MR) is 105 cm³/mol.